The van der Waals surface area contributed by atoms with E-state index in [2.05, 4.69) is 4.98 Å². The molecule has 0 saturated heterocycles. The second-order valence-corrected chi connectivity index (χ2v) is 8.34. The summed E-state index contributed by atoms with van der Waals surface area (Å²) in [6.07, 6.45) is 1.35. The molecule has 0 bridgehead atoms. The Kier molecular flexibility index (Phi) is 6.18. The number of rotatable bonds is 5. The maximum absolute atomic E-state index is 12.9. The molecule has 1 heterocycles. The first-order chi connectivity index (χ1) is 11.5. The average Bonchev–Trinajstić information content (AvgIpc) is 3.12. The molecule has 0 amide bonds. The maximum atomic E-state index is 12.9. The molecule has 2 N–H and O–H groups in total. The van der Waals surface area contributed by atoms with Crippen LogP contribution < -0.4 is 10.5 Å². The van der Waals surface area contributed by atoms with Crippen molar-refractivity contribution in [1.82, 2.24) is 4.98 Å². The summed E-state index contributed by atoms with van der Waals surface area (Å²) in [6, 6.07) is 14.5. The normalized spacial score (nSPS) is 11.0. The van der Waals surface area contributed by atoms with Gasteiger partial charge in [0.15, 0.2) is 0 Å². The Morgan fingerprint density at radius 2 is 1.84 bits per heavy atom. The van der Waals surface area contributed by atoms with Crippen molar-refractivity contribution in [3.8, 4) is 16.9 Å². The minimum absolute atomic E-state index is 0. The zero-order chi connectivity index (χ0) is 17.2. The van der Waals surface area contributed by atoms with Crippen LogP contribution in [0.1, 0.15) is 5.01 Å². The molecular formula is C17H17ClN2O3S2. The van der Waals surface area contributed by atoms with Crippen LogP contribution in [0.5, 0.6) is 5.75 Å². The number of aromatic nitrogens is 1. The van der Waals surface area contributed by atoms with Crippen LogP contribution in [0.25, 0.3) is 11.1 Å². The summed E-state index contributed by atoms with van der Waals surface area (Å²) in [4.78, 5) is 4.21. The van der Waals surface area contributed by atoms with E-state index in [1.165, 1.54) is 19.4 Å². The Labute approximate surface area is 156 Å². The molecule has 5 nitrogen and oxygen atoms in total. The highest BCUT2D eigenvalue weighted by Gasteiger charge is 2.22. The highest BCUT2D eigenvalue weighted by Crippen LogP contribution is 2.32. The van der Waals surface area contributed by atoms with E-state index in [9.17, 15) is 8.42 Å². The van der Waals surface area contributed by atoms with Crippen LogP contribution in [0.2, 0.25) is 0 Å². The number of sulfone groups is 1. The van der Waals surface area contributed by atoms with Crippen LogP contribution in [-0.2, 0) is 16.4 Å². The third-order valence-corrected chi connectivity index (χ3v) is 6.72. The molecule has 0 saturated carbocycles. The zero-order valence-corrected chi connectivity index (χ0v) is 15.8. The number of benzene rings is 2. The van der Waals surface area contributed by atoms with Gasteiger partial charge in [0.1, 0.15) is 15.0 Å². The molecule has 0 aliphatic heterocycles. The molecule has 3 rings (SSSR count). The molecule has 3 aromatic rings. The fourth-order valence-corrected chi connectivity index (χ4v) is 4.79. The molecule has 1 aromatic heterocycles. The molecule has 2 aromatic carbocycles. The van der Waals surface area contributed by atoms with E-state index in [1.54, 1.807) is 6.07 Å². The topological polar surface area (TPSA) is 82.3 Å². The van der Waals surface area contributed by atoms with Gasteiger partial charge in [-0.1, -0.05) is 30.3 Å². The van der Waals surface area contributed by atoms with E-state index in [0.29, 0.717) is 10.8 Å². The highest BCUT2D eigenvalue weighted by molar-refractivity contribution is 7.93. The lowest BCUT2D eigenvalue weighted by Crippen LogP contribution is -2.01. The van der Waals surface area contributed by atoms with Gasteiger partial charge in [0.2, 0.25) is 9.84 Å². The lowest BCUT2D eigenvalue weighted by atomic mass is 10.1. The van der Waals surface area contributed by atoms with Gasteiger partial charge in [-0.3, -0.25) is 0 Å². The molecular weight excluding hydrogens is 380 g/mol. The molecule has 132 valence electrons. The van der Waals surface area contributed by atoms with Crippen molar-refractivity contribution in [2.75, 3.05) is 7.11 Å². The number of nitrogens with two attached hydrogens (primary N) is 1. The van der Waals surface area contributed by atoms with Crippen molar-refractivity contribution in [1.29, 1.82) is 0 Å². The number of hydrogen-bond acceptors (Lipinski definition) is 6. The molecule has 0 aliphatic carbocycles. The molecule has 0 radical (unpaired) electrons. The number of nitrogens with zero attached hydrogens (tertiary/aromatic N) is 1. The van der Waals surface area contributed by atoms with E-state index < -0.39 is 9.84 Å². The Morgan fingerprint density at radius 3 is 2.44 bits per heavy atom. The third kappa shape index (κ3) is 4.01. The Hall–Kier alpha value is -1.93. The molecule has 8 heteroatoms. The van der Waals surface area contributed by atoms with E-state index in [4.69, 9.17) is 10.5 Å². The monoisotopic (exact) mass is 396 g/mol. The van der Waals surface area contributed by atoms with Gasteiger partial charge < -0.3 is 10.5 Å². The van der Waals surface area contributed by atoms with Crippen LogP contribution >= 0.6 is 23.7 Å². The van der Waals surface area contributed by atoms with Crippen molar-refractivity contribution in [3.05, 3.63) is 59.7 Å². The summed E-state index contributed by atoms with van der Waals surface area (Å²) in [5.74, 6) is 0.485. The first-order valence-electron chi connectivity index (χ1n) is 7.19. The summed E-state index contributed by atoms with van der Waals surface area (Å²) in [6.45, 7) is 0.216. The van der Waals surface area contributed by atoms with Gasteiger partial charge >= 0.3 is 0 Å². The maximum Gasteiger partial charge on any atom is 0.217 e. The van der Waals surface area contributed by atoms with Gasteiger partial charge in [-0.15, -0.1) is 23.7 Å². The number of methoxy groups -OCH3 is 1. The lowest BCUT2D eigenvalue weighted by molar-refractivity contribution is 0.413. The van der Waals surface area contributed by atoms with E-state index in [1.807, 2.05) is 36.4 Å². The molecule has 0 unspecified atom stereocenters. The van der Waals surface area contributed by atoms with Gasteiger partial charge in [-0.2, -0.15) is 0 Å². The molecule has 0 atom stereocenters. The average molecular weight is 397 g/mol. The van der Waals surface area contributed by atoms with Gasteiger partial charge in [0.05, 0.1) is 18.2 Å². The van der Waals surface area contributed by atoms with Crippen molar-refractivity contribution in [3.63, 3.8) is 0 Å². The summed E-state index contributed by atoms with van der Waals surface area (Å²) < 4.78 is 31.2. The van der Waals surface area contributed by atoms with Crippen LogP contribution in [-0.4, -0.2) is 20.5 Å². The van der Waals surface area contributed by atoms with E-state index >= 15 is 0 Å². The van der Waals surface area contributed by atoms with Crippen molar-refractivity contribution >= 4 is 33.6 Å². The molecule has 0 aliphatic rings. The quantitative estimate of drug-likeness (QED) is 0.713. The van der Waals surface area contributed by atoms with Gasteiger partial charge in [0, 0.05) is 6.54 Å². The first-order valence-corrected chi connectivity index (χ1v) is 9.49. The van der Waals surface area contributed by atoms with Gasteiger partial charge in [0.25, 0.3) is 0 Å². The fraction of sp³-hybridized carbons (Fsp3) is 0.118. The molecule has 0 spiro atoms. The van der Waals surface area contributed by atoms with Crippen molar-refractivity contribution in [2.45, 2.75) is 15.6 Å². The summed E-state index contributed by atoms with van der Waals surface area (Å²) in [7, 11) is -2.16. The smallest absolute Gasteiger partial charge is 0.217 e. The molecule has 25 heavy (non-hydrogen) atoms. The van der Waals surface area contributed by atoms with Gasteiger partial charge in [-0.05, 0) is 29.3 Å². The van der Waals surface area contributed by atoms with E-state index in [-0.39, 0.29) is 28.1 Å². The molecule has 0 fully saturated rings. The van der Waals surface area contributed by atoms with Crippen molar-refractivity contribution < 1.29 is 13.2 Å². The Bertz CT molecular complexity index is 957. The van der Waals surface area contributed by atoms with Crippen LogP contribution in [0.3, 0.4) is 0 Å². The fourth-order valence-electron chi connectivity index (χ4n) is 2.27. The minimum atomic E-state index is -3.67. The SMILES string of the molecule is COc1cc(-c2ccccc2)cc(S(=O)(=O)c2cnc(CN)s2)c1.Cl. The number of thiazole rings is 1. The Morgan fingerprint density at radius 1 is 1.12 bits per heavy atom. The number of hydrogen-bond donors (Lipinski definition) is 1. The predicted molar refractivity (Wildman–Crippen MR) is 101 cm³/mol. The van der Waals surface area contributed by atoms with Crippen LogP contribution in [0, 0.1) is 0 Å². The number of halogens is 1. The summed E-state index contributed by atoms with van der Waals surface area (Å²) >= 11 is 1.08. The van der Waals surface area contributed by atoms with Crippen molar-refractivity contribution in [2.24, 2.45) is 5.73 Å². The second-order valence-electron chi connectivity index (χ2n) is 5.04. The minimum Gasteiger partial charge on any atom is -0.497 e. The standard InChI is InChI=1S/C17H16N2O3S2.ClH/c1-22-14-7-13(12-5-3-2-4-6-12)8-15(9-14)24(20,21)17-11-19-16(10-18)23-17;/h2-9,11H,10,18H2,1H3;1H. The summed E-state index contributed by atoms with van der Waals surface area (Å²) in [5.41, 5.74) is 7.22. The van der Waals surface area contributed by atoms with Crippen LogP contribution in [0.4, 0.5) is 0 Å². The lowest BCUT2D eigenvalue weighted by Gasteiger charge is -2.09. The van der Waals surface area contributed by atoms with E-state index in [0.717, 1.165) is 22.5 Å². The third-order valence-electron chi connectivity index (χ3n) is 3.51. The zero-order valence-electron chi connectivity index (χ0n) is 13.4. The number of ether oxygens (including phenoxy) is 1. The Balaban J connectivity index is 0.00000225. The van der Waals surface area contributed by atoms with Crippen LogP contribution in [0.15, 0.2) is 63.8 Å². The largest absolute Gasteiger partial charge is 0.497 e. The first kappa shape index (κ1) is 19.4. The second kappa shape index (κ2) is 7.97. The highest BCUT2D eigenvalue weighted by atomic mass is 35.5. The summed E-state index contributed by atoms with van der Waals surface area (Å²) in [5, 5.41) is 0.583. The van der Waals surface area contributed by atoms with Gasteiger partial charge in [-0.25, -0.2) is 13.4 Å². The predicted octanol–water partition coefficient (Wildman–Crippen LogP) is 3.53.